The van der Waals surface area contributed by atoms with Crippen LogP contribution in [-0.4, -0.2) is 17.3 Å². The Morgan fingerprint density at radius 3 is 2.38 bits per heavy atom. The maximum Gasteiger partial charge on any atom is 0.178 e. The Morgan fingerprint density at radius 2 is 1.62 bits per heavy atom. The van der Waals surface area contributed by atoms with Crippen molar-refractivity contribution in [1.82, 2.24) is 0 Å². The lowest BCUT2D eigenvalue weighted by atomic mass is 9.73. The van der Waals surface area contributed by atoms with Crippen LogP contribution in [0.3, 0.4) is 0 Å². The molecule has 3 nitrogen and oxygen atoms in total. The van der Waals surface area contributed by atoms with Crippen LogP contribution in [0.15, 0.2) is 42.0 Å². The minimum atomic E-state index is -0.739. The first-order valence-corrected chi connectivity index (χ1v) is 6.95. The molecule has 2 aromatic carbocycles. The van der Waals surface area contributed by atoms with Crippen LogP contribution >= 0.6 is 0 Å². The minimum absolute atomic E-state index is 0.0976. The highest BCUT2D eigenvalue weighted by molar-refractivity contribution is 6.23. The quantitative estimate of drug-likeness (QED) is 0.695. The van der Waals surface area contributed by atoms with E-state index in [1.807, 2.05) is 42.5 Å². The third-order valence-corrected chi connectivity index (χ3v) is 4.25. The molecule has 0 saturated heterocycles. The summed E-state index contributed by atoms with van der Waals surface area (Å²) >= 11 is 0. The van der Waals surface area contributed by atoms with Gasteiger partial charge in [0.1, 0.15) is 11.7 Å². The first-order valence-electron chi connectivity index (χ1n) is 6.95. The fourth-order valence-electron chi connectivity index (χ4n) is 3.29. The molecular weight excluding hydrogens is 264 g/mol. The van der Waals surface area contributed by atoms with E-state index >= 15 is 0 Å². The molecule has 0 bridgehead atoms. The van der Waals surface area contributed by atoms with Gasteiger partial charge in [-0.15, -0.1) is 0 Å². The van der Waals surface area contributed by atoms with Gasteiger partial charge in [0, 0.05) is 12.0 Å². The topological polar surface area (TPSA) is 51.2 Å². The number of ketones is 3. The van der Waals surface area contributed by atoms with Gasteiger partial charge in [0.25, 0.3) is 0 Å². The van der Waals surface area contributed by atoms with Crippen molar-refractivity contribution in [3.63, 3.8) is 0 Å². The van der Waals surface area contributed by atoms with Crippen molar-refractivity contribution in [2.75, 3.05) is 0 Å². The molecule has 0 heterocycles. The third-order valence-electron chi connectivity index (χ3n) is 4.25. The Labute approximate surface area is 121 Å². The molecule has 1 fully saturated rings. The second-order valence-electron chi connectivity index (χ2n) is 5.66. The molecule has 0 aromatic heterocycles. The van der Waals surface area contributed by atoms with Crippen molar-refractivity contribution in [1.29, 1.82) is 0 Å². The Balaban J connectivity index is 1.96. The monoisotopic (exact) mass is 276 g/mol. The molecule has 4 rings (SSSR count). The molecule has 0 aliphatic heterocycles. The number of benzene rings is 2. The average molecular weight is 276 g/mol. The fraction of sp³-hybridized carbons (Fsp3) is 0.167. The SMILES string of the molecule is O=C1CC(=O)C2C(=O)c3cc4ccccc4cc3C=C2C1. The maximum absolute atomic E-state index is 12.6. The van der Waals surface area contributed by atoms with E-state index < -0.39 is 5.92 Å². The van der Waals surface area contributed by atoms with E-state index in [4.69, 9.17) is 0 Å². The Kier molecular flexibility index (Phi) is 2.45. The standard InChI is InChI=1S/C18H12O3/c19-14-7-13-6-12-5-10-3-1-2-4-11(10)8-15(12)18(21)17(13)16(20)9-14/h1-6,8,17H,7,9H2. The lowest BCUT2D eigenvalue weighted by Gasteiger charge is -2.27. The van der Waals surface area contributed by atoms with Crippen LogP contribution in [-0.2, 0) is 9.59 Å². The van der Waals surface area contributed by atoms with E-state index in [-0.39, 0.29) is 30.2 Å². The highest BCUT2D eigenvalue weighted by Gasteiger charge is 2.39. The van der Waals surface area contributed by atoms with Gasteiger partial charge in [0.15, 0.2) is 11.6 Å². The van der Waals surface area contributed by atoms with Crippen LogP contribution in [0.1, 0.15) is 28.8 Å². The molecule has 2 aliphatic carbocycles. The van der Waals surface area contributed by atoms with Crippen molar-refractivity contribution in [3.05, 3.63) is 53.1 Å². The van der Waals surface area contributed by atoms with Crippen LogP contribution in [0.2, 0.25) is 0 Å². The lowest BCUT2D eigenvalue weighted by Crippen LogP contribution is -2.35. The first-order chi connectivity index (χ1) is 10.1. The summed E-state index contributed by atoms with van der Waals surface area (Å²) < 4.78 is 0. The summed E-state index contributed by atoms with van der Waals surface area (Å²) in [5.41, 5.74) is 2.06. The molecule has 1 atom stereocenters. The highest BCUT2D eigenvalue weighted by atomic mass is 16.2. The molecule has 1 unspecified atom stereocenters. The molecule has 0 N–H and O–H groups in total. The van der Waals surface area contributed by atoms with Gasteiger partial charge in [-0.1, -0.05) is 30.3 Å². The Hall–Kier alpha value is -2.55. The third kappa shape index (κ3) is 1.77. The fourth-order valence-corrected chi connectivity index (χ4v) is 3.29. The van der Waals surface area contributed by atoms with Gasteiger partial charge in [-0.25, -0.2) is 0 Å². The van der Waals surface area contributed by atoms with Crippen LogP contribution in [0, 0.1) is 5.92 Å². The molecule has 2 aliphatic rings. The summed E-state index contributed by atoms with van der Waals surface area (Å²) in [6.07, 6.45) is 1.95. The highest BCUT2D eigenvalue weighted by Crippen LogP contribution is 2.36. The summed E-state index contributed by atoms with van der Waals surface area (Å²) in [7, 11) is 0. The summed E-state index contributed by atoms with van der Waals surface area (Å²) in [5.74, 6) is -1.26. The van der Waals surface area contributed by atoms with Crippen LogP contribution in [0.4, 0.5) is 0 Å². The molecule has 0 radical (unpaired) electrons. The number of hydrogen-bond donors (Lipinski definition) is 0. The minimum Gasteiger partial charge on any atom is -0.299 e. The summed E-state index contributed by atoms with van der Waals surface area (Å²) in [6.45, 7) is 0. The maximum atomic E-state index is 12.6. The average Bonchev–Trinajstić information content (AvgIpc) is 2.45. The number of carbonyl (C=O) groups excluding carboxylic acids is 3. The molecule has 2 aromatic rings. The first kappa shape index (κ1) is 12.2. The Morgan fingerprint density at radius 1 is 0.905 bits per heavy atom. The Bertz CT molecular complexity index is 858. The van der Waals surface area contributed by atoms with Gasteiger partial charge in [0.2, 0.25) is 0 Å². The lowest BCUT2D eigenvalue weighted by molar-refractivity contribution is -0.129. The number of carbonyl (C=O) groups is 3. The predicted octanol–water partition coefficient (Wildman–Crippen LogP) is 2.97. The van der Waals surface area contributed by atoms with Gasteiger partial charge in [-0.05, 0) is 34.0 Å². The molecular formula is C18H12O3. The van der Waals surface area contributed by atoms with E-state index in [1.54, 1.807) is 0 Å². The second-order valence-corrected chi connectivity index (χ2v) is 5.66. The number of fused-ring (bicyclic) bond motifs is 3. The molecule has 0 amide bonds. The van der Waals surface area contributed by atoms with Crippen molar-refractivity contribution < 1.29 is 14.4 Å². The van der Waals surface area contributed by atoms with Gasteiger partial charge in [-0.2, -0.15) is 0 Å². The zero-order valence-corrected chi connectivity index (χ0v) is 11.3. The van der Waals surface area contributed by atoms with Crippen molar-refractivity contribution >= 4 is 34.2 Å². The largest absolute Gasteiger partial charge is 0.299 e. The van der Waals surface area contributed by atoms with Gasteiger partial charge < -0.3 is 0 Å². The summed E-state index contributed by atoms with van der Waals surface area (Å²) in [6, 6.07) is 11.6. The smallest absolute Gasteiger partial charge is 0.178 e. The number of Topliss-reactive ketones (excluding diaryl/α,β-unsaturated/α-hetero) is 3. The van der Waals surface area contributed by atoms with Gasteiger partial charge in [0.05, 0.1) is 6.42 Å². The van der Waals surface area contributed by atoms with Crippen molar-refractivity contribution in [3.8, 4) is 0 Å². The second kappa shape index (κ2) is 4.22. The van der Waals surface area contributed by atoms with Gasteiger partial charge >= 0.3 is 0 Å². The zero-order chi connectivity index (χ0) is 14.6. The number of allylic oxidation sites excluding steroid dienone is 1. The van der Waals surface area contributed by atoms with E-state index in [2.05, 4.69) is 0 Å². The normalized spacial score (nSPS) is 21.0. The molecule has 0 spiro atoms. The van der Waals surface area contributed by atoms with E-state index in [0.717, 1.165) is 16.3 Å². The predicted molar refractivity (Wildman–Crippen MR) is 79.0 cm³/mol. The summed E-state index contributed by atoms with van der Waals surface area (Å²) in [4.78, 5) is 36.3. The number of hydrogen-bond acceptors (Lipinski definition) is 3. The number of rotatable bonds is 0. The van der Waals surface area contributed by atoms with Crippen LogP contribution < -0.4 is 0 Å². The van der Waals surface area contributed by atoms with E-state index in [1.165, 1.54) is 0 Å². The molecule has 102 valence electrons. The van der Waals surface area contributed by atoms with E-state index in [0.29, 0.717) is 11.1 Å². The molecule has 3 heteroatoms. The van der Waals surface area contributed by atoms with Crippen molar-refractivity contribution in [2.45, 2.75) is 12.8 Å². The molecule has 1 saturated carbocycles. The van der Waals surface area contributed by atoms with Gasteiger partial charge in [-0.3, -0.25) is 14.4 Å². The molecule has 21 heavy (non-hydrogen) atoms. The van der Waals surface area contributed by atoms with E-state index in [9.17, 15) is 14.4 Å². The van der Waals surface area contributed by atoms with Crippen LogP contribution in [0.5, 0.6) is 0 Å². The van der Waals surface area contributed by atoms with Crippen LogP contribution in [0.25, 0.3) is 16.8 Å². The van der Waals surface area contributed by atoms with Crippen molar-refractivity contribution in [2.24, 2.45) is 5.92 Å². The zero-order valence-electron chi connectivity index (χ0n) is 11.3. The summed E-state index contributed by atoms with van der Waals surface area (Å²) in [5, 5.41) is 2.04.